The Morgan fingerprint density at radius 3 is 2.56 bits per heavy atom. The van der Waals surface area contributed by atoms with Gasteiger partial charge in [0.05, 0.1) is 25.9 Å². The molecule has 2 rings (SSSR count). The number of anilines is 1. The lowest BCUT2D eigenvalue weighted by atomic mass is 9.96. The van der Waals surface area contributed by atoms with E-state index in [1.54, 1.807) is 17.9 Å². The fourth-order valence-electron chi connectivity index (χ4n) is 2.96. The van der Waals surface area contributed by atoms with Gasteiger partial charge >= 0.3 is 6.09 Å². The Morgan fingerprint density at radius 1 is 1.22 bits per heavy atom. The summed E-state index contributed by atoms with van der Waals surface area (Å²) in [4.78, 5) is 37.7. The topological polar surface area (TPSA) is 97.0 Å². The highest BCUT2D eigenvalue weighted by atomic mass is 16.6. The second-order valence-electron chi connectivity index (χ2n) is 6.43. The molecule has 1 heterocycles. The van der Waals surface area contributed by atoms with E-state index in [4.69, 9.17) is 9.47 Å². The average Bonchev–Trinajstić information content (AvgIpc) is 2.66. The molecule has 2 N–H and O–H groups in total. The molecule has 0 atom stereocenters. The molecule has 1 fully saturated rings. The molecule has 0 bridgehead atoms. The molecule has 1 aromatic carbocycles. The van der Waals surface area contributed by atoms with Crippen molar-refractivity contribution in [3.63, 3.8) is 0 Å². The average molecular weight is 377 g/mol. The molecule has 8 heteroatoms. The normalized spacial score (nSPS) is 14.4. The lowest BCUT2D eigenvalue weighted by molar-refractivity contribution is -0.128. The van der Waals surface area contributed by atoms with Gasteiger partial charge in [-0.1, -0.05) is 6.07 Å². The smallest absolute Gasteiger partial charge is 0.409 e. The van der Waals surface area contributed by atoms with Crippen molar-refractivity contribution in [2.75, 3.05) is 38.7 Å². The SMILES string of the molecule is CCOC(=O)N1CCC(C(=O)NCC(=O)Nc2cc(C)ccc2OC)CC1. The highest BCUT2D eigenvalue weighted by molar-refractivity contribution is 5.96. The van der Waals surface area contributed by atoms with Crippen molar-refractivity contribution in [2.45, 2.75) is 26.7 Å². The number of rotatable bonds is 6. The van der Waals surface area contributed by atoms with Crippen molar-refractivity contribution in [3.05, 3.63) is 23.8 Å². The number of nitrogens with one attached hydrogen (secondary N) is 2. The highest BCUT2D eigenvalue weighted by Gasteiger charge is 2.28. The van der Waals surface area contributed by atoms with Crippen LogP contribution in [0.25, 0.3) is 0 Å². The van der Waals surface area contributed by atoms with Gasteiger partial charge in [-0.3, -0.25) is 9.59 Å². The van der Waals surface area contributed by atoms with Gasteiger partial charge in [0.1, 0.15) is 5.75 Å². The van der Waals surface area contributed by atoms with Crippen molar-refractivity contribution in [1.82, 2.24) is 10.2 Å². The zero-order chi connectivity index (χ0) is 19.8. The van der Waals surface area contributed by atoms with Crippen LogP contribution in [0.1, 0.15) is 25.3 Å². The molecule has 0 saturated carbocycles. The molecular formula is C19H27N3O5. The van der Waals surface area contributed by atoms with Crippen molar-refractivity contribution >= 4 is 23.6 Å². The van der Waals surface area contributed by atoms with Gasteiger partial charge in [0.2, 0.25) is 11.8 Å². The van der Waals surface area contributed by atoms with Crippen LogP contribution in [0.4, 0.5) is 10.5 Å². The first-order chi connectivity index (χ1) is 12.9. The van der Waals surface area contributed by atoms with Crippen LogP contribution in [0, 0.1) is 12.8 Å². The Labute approximate surface area is 159 Å². The van der Waals surface area contributed by atoms with E-state index < -0.39 is 0 Å². The summed E-state index contributed by atoms with van der Waals surface area (Å²) in [6.07, 6.45) is 0.762. The van der Waals surface area contributed by atoms with E-state index in [-0.39, 0.29) is 30.4 Å². The third kappa shape index (κ3) is 5.87. The molecule has 0 spiro atoms. The number of aryl methyl sites for hydroxylation is 1. The Hall–Kier alpha value is -2.77. The summed E-state index contributed by atoms with van der Waals surface area (Å²) in [6, 6.07) is 5.48. The number of benzene rings is 1. The minimum Gasteiger partial charge on any atom is -0.495 e. The summed E-state index contributed by atoms with van der Waals surface area (Å²) in [5.41, 5.74) is 1.56. The number of likely N-dealkylation sites (tertiary alicyclic amines) is 1. The van der Waals surface area contributed by atoms with Gasteiger partial charge in [0, 0.05) is 19.0 Å². The highest BCUT2D eigenvalue weighted by Crippen LogP contribution is 2.25. The van der Waals surface area contributed by atoms with E-state index in [0.717, 1.165) is 5.56 Å². The van der Waals surface area contributed by atoms with E-state index in [0.29, 0.717) is 44.0 Å². The van der Waals surface area contributed by atoms with E-state index in [9.17, 15) is 14.4 Å². The Kier molecular flexibility index (Phi) is 7.45. The second kappa shape index (κ2) is 9.80. The standard InChI is InChI=1S/C19H27N3O5/c1-4-27-19(25)22-9-7-14(8-10-22)18(24)20-12-17(23)21-15-11-13(2)5-6-16(15)26-3/h5-6,11,14H,4,7-10,12H2,1-3H3,(H,20,24)(H,21,23). The molecule has 0 unspecified atom stereocenters. The van der Waals surface area contributed by atoms with Crippen molar-refractivity contribution in [2.24, 2.45) is 5.92 Å². The molecule has 3 amide bonds. The number of piperidine rings is 1. The van der Waals surface area contributed by atoms with E-state index in [2.05, 4.69) is 10.6 Å². The largest absolute Gasteiger partial charge is 0.495 e. The van der Waals surface area contributed by atoms with Crippen molar-refractivity contribution in [3.8, 4) is 5.75 Å². The number of hydrogen-bond donors (Lipinski definition) is 2. The lowest BCUT2D eigenvalue weighted by Gasteiger charge is -2.30. The minimum atomic E-state index is -0.345. The number of nitrogens with zero attached hydrogens (tertiary/aromatic N) is 1. The zero-order valence-corrected chi connectivity index (χ0v) is 16.0. The molecule has 27 heavy (non-hydrogen) atoms. The quantitative estimate of drug-likeness (QED) is 0.790. The van der Waals surface area contributed by atoms with E-state index >= 15 is 0 Å². The monoisotopic (exact) mass is 377 g/mol. The molecule has 1 saturated heterocycles. The first-order valence-electron chi connectivity index (χ1n) is 9.08. The molecule has 0 radical (unpaired) electrons. The first-order valence-corrected chi connectivity index (χ1v) is 9.08. The van der Waals surface area contributed by atoms with E-state index in [1.165, 1.54) is 7.11 Å². The summed E-state index contributed by atoms with van der Waals surface area (Å²) >= 11 is 0. The van der Waals surface area contributed by atoms with Gasteiger partial charge in [-0.15, -0.1) is 0 Å². The van der Waals surface area contributed by atoms with Crippen LogP contribution in [0.2, 0.25) is 0 Å². The predicted molar refractivity (Wildman–Crippen MR) is 101 cm³/mol. The van der Waals surface area contributed by atoms with Crippen molar-refractivity contribution < 1.29 is 23.9 Å². The third-order valence-electron chi connectivity index (χ3n) is 4.44. The molecule has 148 valence electrons. The number of carbonyl (C=O) groups excluding carboxylic acids is 3. The van der Waals surface area contributed by atoms with Crippen LogP contribution in [0.15, 0.2) is 18.2 Å². The lowest BCUT2D eigenvalue weighted by Crippen LogP contribution is -2.44. The molecule has 0 aliphatic carbocycles. The Bertz CT molecular complexity index is 684. The van der Waals surface area contributed by atoms with Gasteiger partial charge in [0.15, 0.2) is 0 Å². The predicted octanol–water partition coefficient (Wildman–Crippen LogP) is 1.93. The number of amides is 3. The number of carbonyl (C=O) groups is 3. The van der Waals surface area contributed by atoms with E-state index in [1.807, 2.05) is 19.1 Å². The minimum absolute atomic E-state index is 0.117. The van der Waals surface area contributed by atoms with Crippen LogP contribution in [-0.2, 0) is 14.3 Å². The number of hydrogen-bond acceptors (Lipinski definition) is 5. The molecular weight excluding hydrogens is 350 g/mol. The molecule has 1 aliphatic heterocycles. The van der Waals surface area contributed by atoms with Crippen LogP contribution in [0.3, 0.4) is 0 Å². The van der Waals surface area contributed by atoms with Gasteiger partial charge in [-0.2, -0.15) is 0 Å². The maximum absolute atomic E-state index is 12.3. The van der Waals surface area contributed by atoms with Crippen LogP contribution < -0.4 is 15.4 Å². The van der Waals surface area contributed by atoms with Gasteiger partial charge in [0.25, 0.3) is 0 Å². The number of methoxy groups -OCH3 is 1. The van der Waals surface area contributed by atoms with Gasteiger partial charge < -0.3 is 25.0 Å². The van der Waals surface area contributed by atoms with Gasteiger partial charge in [-0.25, -0.2) is 4.79 Å². The molecule has 8 nitrogen and oxygen atoms in total. The summed E-state index contributed by atoms with van der Waals surface area (Å²) in [7, 11) is 1.53. The molecule has 1 aromatic rings. The van der Waals surface area contributed by atoms with Crippen LogP contribution in [0.5, 0.6) is 5.75 Å². The molecule has 0 aromatic heterocycles. The third-order valence-corrected chi connectivity index (χ3v) is 4.44. The van der Waals surface area contributed by atoms with Crippen molar-refractivity contribution in [1.29, 1.82) is 0 Å². The fraction of sp³-hybridized carbons (Fsp3) is 0.526. The van der Waals surface area contributed by atoms with Crippen LogP contribution >= 0.6 is 0 Å². The summed E-state index contributed by atoms with van der Waals surface area (Å²) < 4.78 is 10.2. The first kappa shape index (κ1) is 20.5. The Balaban J connectivity index is 1.78. The number of ether oxygens (including phenoxy) is 2. The van der Waals surface area contributed by atoms with Crippen LogP contribution in [-0.4, -0.2) is 56.2 Å². The maximum Gasteiger partial charge on any atom is 0.409 e. The molecule has 1 aliphatic rings. The Morgan fingerprint density at radius 2 is 1.93 bits per heavy atom. The fourth-order valence-corrected chi connectivity index (χ4v) is 2.96. The van der Waals surface area contributed by atoms with Gasteiger partial charge in [-0.05, 0) is 44.4 Å². The maximum atomic E-state index is 12.3. The zero-order valence-electron chi connectivity index (χ0n) is 16.0. The summed E-state index contributed by atoms with van der Waals surface area (Å²) in [5, 5.41) is 5.42. The summed E-state index contributed by atoms with van der Waals surface area (Å²) in [6.45, 7) is 4.84. The summed E-state index contributed by atoms with van der Waals surface area (Å²) in [5.74, 6) is -0.148. The second-order valence-corrected chi connectivity index (χ2v) is 6.43.